The number of terminal acetylenes is 1. The Morgan fingerprint density at radius 3 is 2.94 bits per heavy atom. The summed E-state index contributed by atoms with van der Waals surface area (Å²) >= 11 is 0. The summed E-state index contributed by atoms with van der Waals surface area (Å²) in [6, 6.07) is 0.270. The molecule has 0 aromatic carbocycles. The summed E-state index contributed by atoms with van der Waals surface area (Å²) in [6.07, 6.45) is 12.7. The van der Waals surface area contributed by atoms with Crippen molar-refractivity contribution in [1.29, 1.82) is 0 Å². The van der Waals surface area contributed by atoms with Crippen molar-refractivity contribution in [2.45, 2.75) is 52.5 Å². The number of hydrogen-bond donors (Lipinski definition) is 1. The van der Waals surface area contributed by atoms with Gasteiger partial charge in [0, 0.05) is 0 Å². The van der Waals surface area contributed by atoms with Crippen LogP contribution >= 0.6 is 0 Å². The minimum absolute atomic E-state index is 0.270. The van der Waals surface area contributed by atoms with Crippen LogP contribution in [0.15, 0.2) is 11.6 Å². The van der Waals surface area contributed by atoms with Crippen LogP contribution in [0.25, 0.3) is 0 Å². The van der Waals surface area contributed by atoms with E-state index in [1.165, 1.54) is 12.8 Å². The minimum atomic E-state index is 0.270. The van der Waals surface area contributed by atoms with Gasteiger partial charge >= 0.3 is 0 Å². The predicted octanol–water partition coefficient (Wildman–Crippen LogP) is 3.37. The van der Waals surface area contributed by atoms with E-state index in [2.05, 4.69) is 38.1 Å². The van der Waals surface area contributed by atoms with Crippen LogP contribution < -0.4 is 5.32 Å². The Labute approximate surface area is 101 Å². The van der Waals surface area contributed by atoms with E-state index in [0.717, 1.165) is 31.2 Å². The van der Waals surface area contributed by atoms with Gasteiger partial charge in [0.2, 0.25) is 0 Å². The maximum atomic E-state index is 5.51. The van der Waals surface area contributed by atoms with E-state index in [-0.39, 0.29) is 6.04 Å². The molecule has 0 saturated heterocycles. The largest absolute Gasteiger partial charge is 0.303 e. The zero-order chi connectivity index (χ0) is 12.0. The second kappa shape index (κ2) is 6.76. The molecule has 1 N–H and O–H groups in total. The fourth-order valence-electron chi connectivity index (χ4n) is 2.68. The van der Waals surface area contributed by atoms with E-state index in [0.29, 0.717) is 0 Å². The third-order valence-corrected chi connectivity index (χ3v) is 3.32. The normalized spacial score (nSPS) is 27.0. The van der Waals surface area contributed by atoms with Gasteiger partial charge < -0.3 is 5.32 Å². The topological polar surface area (TPSA) is 12.0 Å². The van der Waals surface area contributed by atoms with E-state index >= 15 is 0 Å². The summed E-state index contributed by atoms with van der Waals surface area (Å²) in [6.45, 7) is 7.81. The van der Waals surface area contributed by atoms with Crippen LogP contribution in [0, 0.1) is 24.2 Å². The van der Waals surface area contributed by atoms with Gasteiger partial charge in [0.15, 0.2) is 0 Å². The third kappa shape index (κ3) is 4.41. The Morgan fingerprint density at radius 1 is 1.62 bits per heavy atom. The Bertz CT molecular complexity index is 272. The van der Waals surface area contributed by atoms with Gasteiger partial charge in [-0.2, -0.15) is 0 Å². The molecule has 0 aliphatic heterocycles. The van der Waals surface area contributed by atoms with Crippen LogP contribution in [0.5, 0.6) is 0 Å². The van der Waals surface area contributed by atoms with Crippen LogP contribution in [0.3, 0.4) is 0 Å². The van der Waals surface area contributed by atoms with Crippen molar-refractivity contribution < 1.29 is 0 Å². The Morgan fingerprint density at radius 2 is 2.38 bits per heavy atom. The molecule has 1 aliphatic carbocycles. The molecule has 3 atom stereocenters. The van der Waals surface area contributed by atoms with E-state index in [9.17, 15) is 0 Å². The molecule has 0 radical (unpaired) electrons. The molecule has 0 aromatic heterocycles. The van der Waals surface area contributed by atoms with Crippen LogP contribution in [-0.2, 0) is 0 Å². The molecule has 0 saturated carbocycles. The van der Waals surface area contributed by atoms with E-state index in [1.54, 1.807) is 5.57 Å². The molecular formula is C15H25N. The lowest BCUT2D eigenvalue weighted by Crippen LogP contribution is -2.33. The van der Waals surface area contributed by atoms with Crippen molar-refractivity contribution in [1.82, 2.24) is 5.32 Å². The summed E-state index contributed by atoms with van der Waals surface area (Å²) in [5.74, 6) is 4.34. The second-order valence-corrected chi connectivity index (χ2v) is 5.21. The van der Waals surface area contributed by atoms with Crippen LogP contribution in [-0.4, -0.2) is 12.6 Å². The second-order valence-electron chi connectivity index (χ2n) is 5.21. The molecule has 0 heterocycles. The highest BCUT2D eigenvalue weighted by Gasteiger charge is 2.18. The van der Waals surface area contributed by atoms with Gasteiger partial charge in [-0.25, -0.2) is 0 Å². The SMILES string of the molecule is C#CC(CCC)NCC1CC(C)=CC(C)C1. The molecule has 16 heavy (non-hydrogen) atoms. The van der Waals surface area contributed by atoms with Crippen LogP contribution in [0.4, 0.5) is 0 Å². The number of nitrogens with one attached hydrogen (secondary N) is 1. The summed E-state index contributed by atoms with van der Waals surface area (Å²) in [5.41, 5.74) is 1.54. The summed E-state index contributed by atoms with van der Waals surface area (Å²) in [5, 5.41) is 3.52. The molecule has 0 amide bonds. The van der Waals surface area contributed by atoms with E-state index in [4.69, 9.17) is 6.42 Å². The zero-order valence-corrected chi connectivity index (χ0v) is 10.9. The standard InChI is InChI=1S/C15H25N/c1-5-7-15(6-2)16-11-14-9-12(3)8-13(4)10-14/h2,8,12,14-16H,5,7,9-11H2,1,3-4H3. The molecule has 1 heteroatoms. The maximum absolute atomic E-state index is 5.51. The van der Waals surface area contributed by atoms with Crippen molar-refractivity contribution in [3.8, 4) is 12.3 Å². The van der Waals surface area contributed by atoms with Crippen molar-refractivity contribution in [2.24, 2.45) is 11.8 Å². The van der Waals surface area contributed by atoms with E-state index in [1.807, 2.05) is 0 Å². The van der Waals surface area contributed by atoms with Gasteiger partial charge in [0.25, 0.3) is 0 Å². The van der Waals surface area contributed by atoms with Gasteiger partial charge in [-0.15, -0.1) is 6.42 Å². The smallest absolute Gasteiger partial charge is 0.0686 e. The van der Waals surface area contributed by atoms with Gasteiger partial charge in [0.05, 0.1) is 6.04 Å². The first-order valence-electron chi connectivity index (χ1n) is 6.52. The van der Waals surface area contributed by atoms with Crippen molar-refractivity contribution >= 4 is 0 Å². The monoisotopic (exact) mass is 219 g/mol. The molecule has 0 bridgehead atoms. The lowest BCUT2D eigenvalue weighted by atomic mass is 9.83. The van der Waals surface area contributed by atoms with Crippen molar-refractivity contribution in [3.05, 3.63) is 11.6 Å². The molecule has 1 nitrogen and oxygen atoms in total. The number of rotatable bonds is 5. The predicted molar refractivity (Wildman–Crippen MR) is 71.2 cm³/mol. The van der Waals surface area contributed by atoms with Crippen LogP contribution in [0.1, 0.15) is 46.5 Å². The highest BCUT2D eigenvalue weighted by atomic mass is 14.9. The average molecular weight is 219 g/mol. The first kappa shape index (κ1) is 13.3. The third-order valence-electron chi connectivity index (χ3n) is 3.32. The average Bonchev–Trinajstić information content (AvgIpc) is 2.23. The molecule has 1 rings (SSSR count). The summed E-state index contributed by atoms with van der Waals surface area (Å²) < 4.78 is 0. The maximum Gasteiger partial charge on any atom is 0.0686 e. The van der Waals surface area contributed by atoms with Gasteiger partial charge in [-0.1, -0.05) is 37.8 Å². The minimum Gasteiger partial charge on any atom is -0.303 e. The Hall–Kier alpha value is -0.740. The van der Waals surface area contributed by atoms with Crippen molar-refractivity contribution in [3.63, 3.8) is 0 Å². The lowest BCUT2D eigenvalue weighted by molar-refractivity contribution is 0.369. The molecule has 0 aromatic rings. The molecule has 0 fully saturated rings. The number of hydrogen-bond acceptors (Lipinski definition) is 1. The first-order valence-corrected chi connectivity index (χ1v) is 6.52. The molecule has 0 spiro atoms. The van der Waals surface area contributed by atoms with Crippen molar-refractivity contribution in [2.75, 3.05) is 6.54 Å². The summed E-state index contributed by atoms with van der Waals surface area (Å²) in [7, 11) is 0. The Balaban J connectivity index is 2.33. The zero-order valence-electron chi connectivity index (χ0n) is 10.9. The van der Waals surface area contributed by atoms with Gasteiger partial charge in [-0.05, 0) is 44.6 Å². The molecule has 90 valence electrons. The highest BCUT2D eigenvalue weighted by Crippen LogP contribution is 2.27. The Kier molecular flexibility index (Phi) is 5.63. The highest BCUT2D eigenvalue weighted by molar-refractivity contribution is 5.07. The molecule has 3 unspecified atom stereocenters. The van der Waals surface area contributed by atoms with Crippen LogP contribution in [0.2, 0.25) is 0 Å². The fourth-order valence-corrected chi connectivity index (χ4v) is 2.68. The van der Waals surface area contributed by atoms with Gasteiger partial charge in [-0.3, -0.25) is 0 Å². The fraction of sp³-hybridized carbons (Fsp3) is 0.733. The quantitative estimate of drug-likeness (QED) is 0.552. The summed E-state index contributed by atoms with van der Waals surface area (Å²) in [4.78, 5) is 0. The molecular weight excluding hydrogens is 194 g/mol. The first-order chi connectivity index (χ1) is 7.65. The lowest BCUT2D eigenvalue weighted by Gasteiger charge is -2.26. The van der Waals surface area contributed by atoms with E-state index < -0.39 is 0 Å². The molecule has 1 aliphatic rings. The number of allylic oxidation sites excluding steroid dienone is 2. The van der Waals surface area contributed by atoms with Gasteiger partial charge in [0.1, 0.15) is 0 Å².